The van der Waals surface area contributed by atoms with Gasteiger partial charge in [0.25, 0.3) is 5.91 Å². The number of hydrogen-bond acceptors (Lipinski definition) is 2. The van der Waals surface area contributed by atoms with Crippen LogP contribution in [0.15, 0.2) is 48.5 Å². The molecule has 0 radical (unpaired) electrons. The van der Waals surface area contributed by atoms with Crippen molar-refractivity contribution in [3.8, 4) is 0 Å². The highest BCUT2D eigenvalue weighted by Gasteiger charge is 2.29. The van der Waals surface area contributed by atoms with Crippen LogP contribution in [0.2, 0.25) is 5.02 Å². The molecule has 2 aromatic carbocycles. The minimum Gasteiger partial charge on any atom is -0.308 e. The predicted octanol–water partition coefficient (Wildman–Crippen LogP) is 3.99. The van der Waals surface area contributed by atoms with Gasteiger partial charge in [-0.2, -0.15) is 0 Å². The number of benzene rings is 2. The lowest BCUT2D eigenvalue weighted by molar-refractivity contribution is 0.0980. The molecule has 0 saturated carbocycles. The lowest BCUT2D eigenvalue weighted by atomic mass is 9.95. The zero-order chi connectivity index (χ0) is 15.7. The Morgan fingerprint density at radius 2 is 1.95 bits per heavy atom. The van der Waals surface area contributed by atoms with Gasteiger partial charge in [-0.15, -0.1) is 0 Å². The van der Waals surface area contributed by atoms with E-state index in [0.717, 1.165) is 12.1 Å². The summed E-state index contributed by atoms with van der Waals surface area (Å²) >= 11 is 6.02. The van der Waals surface area contributed by atoms with E-state index in [1.807, 2.05) is 35.2 Å². The topological polar surface area (TPSA) is 23.6 Å². The van der Waals surface area contributed by atoms with Crippen molar-refractivity contribution in [2.75, 3.05) is 25.5 Å². The quantitative estimate of drug-likeness (QED) is 0.836. The van der Waals surface area contributed by atoms with Crippen molar-refractivity contribution in [3.63, 3.8) is 0 Å². The molecule has 114 valence electrons. The van der Waals surface area contributed by atoms with Gasteiger partial charge in [0.15, 0.2) is 0 Å². The maximum absolute atomic E-state index is 12.8. The molecule has 3 nitrogen and oxygen atoms in total. The lowest BCUT2D eigenvalue weighted by Crippen LogP contribution is -2.39. The van der Waals surface area contributed by atoms with Crippen LogP contribution in [0.1, 0.15) is 28.4 Å². The number of fused-ring (bicyclic) bond motifs is 1. The van der Waals surface area contributed by atoms with Crippen molar-refractivity contribution in [3.05, 3.63) is 64.7 Å². The molecule has 0 spiro atoms. The minimum atomic E-state index is 0.00663. The number of carbonyl (C=O) groups excluding carboxylic acids is 1. The second kappa shape index (κ2) is 6.11. The van der Waals surface area contributed by atoms with Crippen LogP contribution in [0.3, 0.4) is 0 Å². The molecule has 0 N–H and O–H groups in total. The van der Waals surface area contributed by atoms with E-state index in [0.29, 0.717) is 23.2 Å². The summed E-state index contributed by atoms with van der Waals surface area (Å²) in [4.78, 5) is 16.9. The molecule has 2 aromatic rings. The second-order valence-electron chi connectivity index (χ2n) is 5.79. The number of carbonyl (C=O) groups is 1. The molecule has 1 aliphatic heterocycles. The first-order valence-electron chi connectivity index (χ1n) is 7.40. The van der Waals surface area contributed by atoms with Crippen molar-refractivity contribution >= 4 is 23.2 Å². The Balaban J connectivity index is 1.99. The van der Waals surface area contributed by atoms with Gasteiger partial charge in [-0.1, -0.05) is 35.9 Å². The van der Waals surface area contributed by atoms with Gasteiger partial charge in [-0.3, -0.25) is 4.79 Å². The summed E-state index contributed by atoms with van der Waals surface area (Å²) in [6, 6.07) is 15.6. The van der Waals surface area contributed by atoms with Crippen LogP contribution in [0.5, 0.6) is 0 Å². The van der Waals surface area contributed by atoms with E-state index in [9.17, 15) is 4.79 Å². The Kier molecular flexibility index (Phi) is 4.19. The average Bonchev–Trinajstić information content (AvgIpc) is 2.53. The van der Waals surface area contributed by atoms with Crippen molar-refractivity contribution in [1.82, 2.24) is 4.90 Å². The number of nitrogens with zero attached hydrogens (tertiary/aromatic N) is 2. The van der Waals surface area contributed by atoms with Crippen LogP contribution in [0, 0.1) is 0 Å². The normalized spacial score (nSPS) is 17.5. The van der Waals surface area contributed by atoms with Gasteiger partial charge in [0.2, 0.25) is 0 Å². The fourth-order valence-electron chi connectivity index (χ4n) is 3.07. The SMILES string of the molecule is CN(C)C1CCN(C(=O)c2cccc(Cl)c2)c2ccccc21. The smallest absolute Gasteiger partial charge is 0.258 e. The van der Waals surface area contributed by atoms with E-state index in [4.69, 9.17) is 11.6 Å². The Hall–Kier alpha value is -1.84. The van der Waals surface area contributed by atoms with Crippen LogP contribution in [0.4, 0.5) is 5.69 Å². The van der Waals surface area contributed by atoms with E-state index in [1.54, 1.807) is 12.1 Å². The molecular weight excluding hydrogens is 296 g/mol. The summed E-state index contributed by atoms with van der Waals surface area (Å²) < 4.78 is 0. The third-order valence-electron chi connectivity index (χ3n) is 4.15. The molecule has 4 heteroatoms. The van der Waals surface area contributed by atoms with Gasteiger partial charge in [-0.25, -0.2) is 0 Å². The molecule has 0 aromatic heterocycles. The molecule has 3 rings (SSSR count). The van der Waals surface area contributed by atoms with Crippen LogP contribution in [0.25, 0.3) is 0 Å². The van der Waals surface area contributed by atoms with Crippen LogP contribution < -0.4 is 4.90 Å². The molecule has 22 heavy (non-hydrogen) atoms. The average molecular weight is 315 g/mol. The van der Waals surface area contributed by atoms with Crippen molar-refractivity contribution in [2.24, 2.45) is 0 Å². The minimum absolute atomic E-state index is 0.00663. The molecule has 1 aliphatic rings. The molecule has 0 saturated heterocycles. The highest BCUT2D eigenvalue weighted by atomic mass is 35.5. The Bertz CT molecular complexity index is 699. The van der Waals surface area contributed by atoms with E-state index in [1.165, 1.54) is 5.56 Å². The predicted molar refractivity (Wildman–Crippen MR) is 90.6 cm³/mol. The van der Waals surface area contributed by atoms with Gasteiger partial charge >= 0.3 is 0 Å². The number of amides is 1. The first kappa shape index (κ1) is 15.1. The summed E-state index contributed by atoms with van der Waals surface area (Å²) in [6.45, 7) is 0.713. The molecule has 0 fully saturated rings. The Morgan fingerprint density at radius 3 is 2.68 bits per heavy atom. The molecule has 1 atom stereocenters. The summed E-state index contributed by atoms with van der Waals surface area (Å²) in [5, 5.41) is 0.585. The number of anilines is 1. The Morgan fingerprint density at radius 1 is 1.18 bits per heavy atom. The second-order valence-corrected chi connectivity index (χ2v) is 6.23. The van der Waals surface area contributed by atoms with Crippen molar-refractivity contribution in [2.45, 2.75) is 12.5 Å². The third kappa shape index (κ3) is 2.74. The van der Waals surface area contributed by atoms with Crippen LogP contribution >= 0.6 is 11.6 Å². The highest BCUT2D eigenvalue weighted by molar-refractivity contribution is 6.31. The van der Waals surface area contributed by atoms with E-state index in [2.05, 4.69) is 25.1 Å². The number of rotatable bonds is 2. The summed E-state index contributed by atoms with van der Waals surface area (Å²) in [7, 11) is 4.16. The fraction of sp³-hybridized carbons (Fsp3) is 0.278. The fourth-order valence-corrected chi connectivity index (χ4v) is 3.26. The maximum atomic E-state index is 12.8. The van der Waals surface area contributed by atoms with Crippen molar-refractivity contribution < 1.29 is 4.79 Å². The molecule has 0 bridgehead atoms. The number of halogens is 1. The monoisotopic (exact) mass is 314 g/mol. The summed E-state index contributed by atoms with van der Waals surface area (Å²) in [6.07, 6.45) is 0.927. The Labute approximate surface area is 136 Å². The van der Waals surface area contributed by atoms with Crippen LogP contribution in [-0.2, 0) is 0 Å². The maximum Gasteiger partial charge on any atom is 0.258 e. The van der Waals surface area contributed by atoms with Gasteiger partial charge in [0.1, 0.15) is 0 Å². The van der Waals surface area contributed by atoms with Gasteiger partial charge < -0.3 is 9.80 Å². The van der Waals surface area contributed by atoms with Crippen molar-refractivity contribution in [1.29, 1.82) is 0 Å². The molecule has 1 unspecified atom stereocenters. The van der Waals surface area contributed by atoms with Gasteiger partial charge in [-0.05, 0) is 50.3 Å². The third-order valence-corrected chi connectivity index (χ3v) is 4.39. The standard InChI is InChI=1S/C18H19ClN2O/c1-20(2)16-10-11-21(17-9-4-3-8-15(16)17)18(22)13-6-5-7-14(19)12-13/h3-9,12,16H,10-11H2,1-2H3. The molecule has 0 aliphatic carbocycles. The van der Waals surface area contributed by atoms with E-state index >= 15 is 0 Å². The molecule has 1 heterocycles. The lowest BCUT2D eigenvalue weighted by Gasteiger charge is -2.37. The first-order valence-corrected chi connectivity index (χ1v) is 7.78. The molecule has 1 amide bonds. The van der Waals surface area contributed by atoms with Gasteiger partial charge in [0, 0.05) is 28.9 Å². The van der Waals surface area contributed by atoms with E-state index < -0.39 is 0 Å². The number of para-hydroxylation sites is 1. The number of hydrogen-bond donors (Lipinski definition) is 0. The summed E-state index contributed by atoms with van der Waals surface area (Å²) in [5.41, 5.74) is 2.83. The zero-order valence-corrected chi connectivity index (χ0v) is 13.5. The van der Waals surface area contributed by atoms with Crippen LogP contribution in [-0.4, -0.2) is 31.4 Å². The molecular formula is C18H19ClN2O. The summed E-state index contributed by atoms with van der Waals surface area (Å²) in [5.74, 6) is 0.00663. The zero-order valence-electron chi connectivity index (χ0n) is 12.8. The first-order chi connectivity index (χ1) is 10.6. The van der Waals surface area contributed by atoms with E-state index in [-0.39, 0.29) is 5.91 Å². The highest BCUT2D eigenvalue weighted by Crippen LogP contribution is 2.36. The largest absolute Gasteiger partial charge is 0.308 e. The van der Waals surface area contributed by atoms with Gasteiger partial charge in [0.05, 0.1) is 0 Å².